The zero-order valence-electron chi connectivity index (χ0n) is 21.0. The van der Waals surface area contributed by atoms with E-state index < -0.39 is 5.60 Å². The Kier molecular flexibility index (Phi) is 7.51. The first-order chi connectivity index (χ1) is 16.3. The molecule has 3 heterocycles. The molecular weight excluding hydrogens is 430 g/mol. The summed E-state index contributed by atoms with van der Waals surface area (Å²) in [6, 6.07) is 8.21. The molecule has 2 aliphatic heterocycles. The number of carbonyl (C=O) groups excluding carboxylic acids is 2. The van der Waals surface area contributed by atoms with Crippen molar-refractivity contribution in [2.45, 2.75) is 70.9 Å². The number of hydrogen-bond donors (Lipinski definition) is 1. The van der Waals surface area contributed by atoms with Gasteiger partial charge in [-0.05, 0) is 89.9 Å². The summed E-state index contributed by atoms with van der Waals surface area (Å²) in [6.45, 7) is 10.9. The van der Waals surface area contributed by atoms with Gasteiger partial charge in [0.2, 0.25) is 0 Å². The van der Waals surface area contributed by atoms with Gasteiger partial charge in [0, 0.05) is 30.2 Å². The van der Waals surface area contributed by atoms with E-state index in [4.69, 9.17) is 9.47 Å². The fourth-order valence-corrected chi connectivity index (χ4v) is 5.51. The van der Waals surface area contributed by atoms with Crippen LogP contribution in [0.15, 0.2) is 30.5 Å². The summed E-state index contributed by atoms with van der Waals surface area (Å²) < 4.78 is 11.1. The quantitative estimate of drug-likeness (QED) is 0.629. The van der Waals surface area contributed by atoms with Crippen molar-refractivity contribution in [2.75, 3.05) is 32.8 Å². The molecule has 1 atom stereocenters. The number of ether oxygens (including phenoxy) is 2. The fraction of sp³-hybridized carbons (Fsp3) is 0.630. The Labute approximate surface area is 202 Å². The molecule has 0 aliphatic carbocycles. The second kappa shape index (κ2) is 10.4. The Bertz CT molecular complexity index is 979. The Morgan fingerprint density at radius 1 is 1.06 bits per heavy atom. The van der Waals surface area contributed by atoms with Crippen molar-refractivity contribution >= 4 is 23.0 Å². The molecular formula is C27H39N3O4. The minimum Gasteiger partial charge on any atom is -0.465 e. The number of rotatable bonds is 5. The highest BCUT2D eigenvalue weighted by molar-refractivity contribution is 5.83. The van der Waals surface area contributed by atoms with Crippen molar-refractivity contribution in [3.05, 3.63) is 36.0 Å². The third-order valence-electron chi connectivity index (χ3n) is 7.15. The second-order valence-corrected chi connectivity index (χ2v) is 10.6. The number of fused-ring (bicyclic) bond motifs is 1. The molecule has 4 rings (SSSR count). The molecule has 7 heteroatoms. The second-order valence-electron chi connectivity index (χ2n) is 10.6. The smallest absolute Gasteiger partial charge is 0.410 e. The number of likely N-dealkylation sites (tertiary alicyclic amines) is 2. The average Bonchev–Trinajstić information content (AvgIpc) is 3.23. The molecule has 0 saturated carbocycles. The van der Waals surface area contributed by atoms with Gasteiger partial charge in [-0.1, -0.05) is 18.2 Å². The van der Waals surface area contributed by atoms with E-state index in [1.807, 2.05) is 27.7 Å². The summed E-state index contributed by atoms with van der Waals surface area (Å²) in [5.41, 5.74) is 2.06. The molecule has 1 aromatic carbocycles. The minimum absolute atomic E-state index is 0.122. The number of carbonyl (C=O) groups is 2. The molecule has 2 aromatic rings. The zero-order valence-corrected chi connectivity index (χ0v) is 21.0. The van der Waals surface area contributed by atoms with E-state index in [-0.39, 0.29) is 24.0 Å². The lowest BCUT2D eigenvalue weighted by Crippen LogP contribution is -2.53. The SMILES string of the molecule is CCOC(=O)C(C1CCN(C(=O)OC(C)(C)C)CC1)N1CCC(c2c[nH]c3ccccc23)CC1. The third kappa shape index (κ3) is 5.57. The summed E-state index contributed by atoms with van der Waals surface area (Å²) >= 11 is 0. The normalized spacial score (nSPS) is 19.8. The number of para-hydroxylation sites is 1. The first kappa shape index (κ1) is 24.6. The van der Waals surface area contributed by atoms with Crippen molar-refractivity contribution in [2.24, 2.45) is 5.92 Å². The lowest BCUT2D eigenvalue weighted by molar-refractivity contribution is -0.153. The van der Waals surface area contributed by atoms with Crippen LogP contribution >= 0.6 is 0 Å². The van der Waals surface area contributed by atoms with Gasteiger partial charge in [-0.25, -0.2) is 4.79 Å². The van der Waals surface area contributed by atoms with Crippen LogP contribution in [0.1, 0.15) is 64.9 Å². The van der Waals surface area contributed by atoms with Gasteiger partial charge in [0.15, 0.2) is 0 Å². The maximum absolute atomic E-state index is 13.1. The van der Waals surface area contributed by atoms with Gasteiger partial charge in [0.05, 0.1) is 6.61 Å². The van der Waals surface area contributed by atoms with Crippen LogP contribution in [0.5, 0.6) is 0 Å². The number of nitrogens with one attached hydrogen (secondary N) is 1. The van der Waals surface area contributed by atoms with Crippen LogP contribution in [0, 0.1) is 5.92 Å². The van der Waals surface area contributed by atoms with Gasteiger partial charge < -0.3 is 19.4 Å². The van der Waals surface area contributed by atoms with E-state index in [9.17, 15) is 9.59 Å². The lowest BCUT2D eigenvalue weighted by atomic mass is 9.84. The van der Waals surface area contributed by atoms with Crippen molar-refractivity contribution in [3.63, 3.8) is 0 Å². The molecule has 1 amide bonds. The fourth-order valence-electron chi connectivity index (χ4n) is 5.51. The van der Waals surface area contributed by atoms with Gasteiger partial charge in [-0.15, -0.1) is 0 Å². The van der Waals surface area contributed by atoms with E-state index in [1.165, 1.54) is 16.5 Å². The molecule has 2 aliphatic rings. The van der Waals surface area contributed by atoms with Crippen LogP contribution in [0.25, 0.3) is 10.9 Å². The number of benzene rings is 1. The monoisotopic (exact) mass is 469 g/mol. The summed E-state index contributed by atoms with van der Waals surface area (Å²) in [6.07, 6.45) is 5.50. The van der Waals surface area contributed by atoms with Crippen LogP contribution < -0.4 is 0 Å². The molecule has 34 heavy (non-hydrogen) atoms. The van der Waals surface area contributed by atoms with Crippen molar-refractivity contribution in [1.82, 2.24) is 14.8 Å². The first-order valence-corrected chi connectivity index (χ1v) is 12.7. The molecule has 1 aromatic heterocycles. The number of aromatic nitrogens is 1. The largest absolute Gasteiger partial charge is 0.465 e. The summed E-state index contributed by atoms with van der Waals surface area (Å²) in [4.78, 5) is 33.0. The van der Waals surface area contributed by atoms with Gasteiger partial charge in [-0.3, -0.25) is 9.69 Å². The molecule has 0 spiro atoms. The number of piperidine rings is 2. The number of esters is 1. The molecule has 186 valence electrons. The highest BCUT2D eigenvalue weighted by Crippen LogP contribution is 2.35. The molecule has 0 radical (unpaired) electrons. The summed E-state index contributed by atoms with van der Waals surface area (Å²) in [5, 5.41) is 1.30. The predicted octanol–water partition coefficient (Wildman–Crippen LogP) is 4.93. The van der Waals surface area contributed by atoms with Crippen molar-refractivity contribution < 1.29 is 19.1 Å². The number of aromatic amines is 1. The molecule has 1 unspecified atom stereocenters. The molecule has 2 fully saturated rings. The Hall–Kier alpha value is -2.54. The number of H-pyrrole nitrogens is 1. The van der Waals surface area contributed by atoms with Gasteiger partial charge in [-0.2, -0.15) is 0 Å². The third-order valence-corrected chi connectivity index (χ3v) is 7.15. The van der Waals surface area contributed by atoms with Crippen molar-refractivity contribution in [1.29, 1.82) is 0 Å². The Morgan fingerprint density at radius 2 is 1.74 bits per heavy atom. The van der Waals surface area contributed by atoms with Gasteiger partial charge in [0.1, 0.15) is 11.6 Å². The maximum atomic E-state index is 13.1. The van der Waals surface area contributed by atoms with Crippen LogP contribution in [-0.2, 0) is 14.3 Å². The van der Waals surface area contributed by atoms with E-state index in [2.05, 4.69) is 40.3 Å². The molecule has 0 bridgehead atoms. The van der Waals surface area contributed by atoms with Crippen LogP contribution in [0.2, 0.25) is 0 Å². The summed E-state index contributed by atoms with van der Waals surface area (Å²) in [5.74, 6) is 0.551. The highest BCUT2D eigenvalue weighted by Gasteiger charge is 2.39. The zero-order chi connectivity index (χ0) is 24.3. The summed E-state index contributed by atoms with van der Waals surface area (Å²) in [7, 11) is 0. The van der Waals surface area contributed by atoms with Crippen LogP contribution in [0.3, 0.4) is 0 Å². The van der Waals surface area contributed by atoms with E-state index in [0.717, 1.165) is 38.8 Å². The topological polar surface area (TPSA) is 74.9 Å². The van der Waals surface area contributed by atoms with Gasteiger partial charge in [0.25, 0.3) is 0 Å². The maximum Gasteiger partial charge on any atom is 0.410 e. The van der Waals surface area contributed by atoms with E-state index in [1.54, 1.807) is 4.90 Å². The Balaban J connectivity index is 1.39. The number of hydrogen-bond acceptors (Lipinski definition) is 5. The first-order valence-electron chi connectivity index (χ1n) is 12.7. The van der Waals surface area contributed by atoms with Crippen LogP contribution in [-0.4, -0.2) is 71.3 Å². The average molecular weight is 470 g/mol. The number of nitrogens with zero attached hydrogens (tertiary/aromatic N) is 2. The standard InChI is InChI=1S/C27H39N3O4/c1-5-33-25(31)24(20-12-16-30(17-13-20)26(32)34-27(2,3)4)29-14-10-19(11-15-29)22-18-28-23-9-7-6-8-21(22)23/h6-9,18-20,24,28H,5,10-17H2,1-4H3. The van der Waals surface area contributed by atoms with Gasteiger partial charge >= 0.3 is 12.1 Å². The van der Waals surface area contributed by atoms with Crippen LogP contribution in [0.4, 0.5) is 4.79 Å². The van der Waals surface area contributed by atoms with E-state index >= 15 is 0 Å². The highest BCUT2D eigenvalue weighted by atomic mass is 16.6. The van der Waals surface area contributed by atoms with E-state index in [0.29, 0.717) is 25.6 Å². The number of amides is 1. The Morgan fingerprint density at radius 3 is 2.38 bits per heavy atom. The molecule has 7 nitrogen and oxygen atoms in total. The lowest BCUT2D eigenvalue weighted by Gasteiger charge is -2.42. The molecule has 1 N–H and O–H groups in total. The van der Waals surface area contributed by atoms with Crippen molar-refractivity contribution in [3.8, 4) is 0 Å². The predicted molar refractivity (Wildman–Crippen MR) is 133 cm³/mol. The molecule has 2 saturated heterocycles. The minimum atomic E-state index is -0.503.